The molecule has 1 unspecified atom stereocenters. The van der Waals surface area contributed by atoms with Gasteiger partial charge in [-0.3, -0.25) is 9.69 Å². The number of benzene rings is 2. The van der Waals surface area contributed by atoms with E-state index in [1.165, 1.54) is 5.56 Å². The van der Waals surface area contributed by atoms with Gasteiger partial charge in [-0.15, -0.1) is 0 Å². The Kier molecular flexibility index (Phi) is 5.51. The summed E-state index contributed by atoms with van der Waals surface area (Å²) in [6.07, 6.45) is 0. The number of hydrogen-bond acceptors (Lipinski definition) is 3. The Morgan fingerprint density at radius 1 is 1.00 bits per heavy atom. The first kappa shape index (κ1) is 17.0. The second-order valence-electron chi connectivity index (χ2n) is 6.12. The van der Waals surface area contributed by atoms with Crippen LogP contribution in [0.2, 0.25) is 5.02 Å². The summed E-state index contributed by atoms with van der Waals surface area (Å²) in [5.74, 6) is 0.00680. The van der Waals surface area contributed by atoms with Crippen molar-refractivity contribution in [3.05, 3.63) is 70.7 Å². The predicted molar refractivity (Wildman–Crippen MR) is 96.7 cm³/mol. The van der Waals surface area contributed by atoms with E-state index in [1.54, 1.807) is 0 Å². The van der Waals surface area contributed by atoms with Crippen molar-refractivity contribution in [2.24, 2.45) is 5.73 Å². The van der Waals surface area contributed by atoms with Crippen molar-refractivity contribution in [1.29, 1.82) is 0 Å². The molecule has 1 aliphatic heterocycles. The number of rotatable bonds is 4. The molecule has 2 N–H and O–H groups in total. The van der Waals surface area contributed by atoms with Crippen LogP contribution < -0.4 is 5.73 Å². The number of halogens is 1. The van der Waals surface area contributed by atoms with Crippen molar-refractivity contribution in [2.75, 3.05) is 26.2 Å². The smallest absolute Gasteiger partial charge is 0.244 e. The highest BCUT2D eigenvalue weighted by molar-refractivity contribution is 6.30. The highest BCUT2D eigenvalue weighted by Crippen LogP contribution is 2.16. The minimum Gasteiger partial charge on any atom is -0.338 e. The summed E-state index contributed by atoms with van der Waals surface area (Å²) in [5, 5.41) is 0.754. The lowest BCUT2D eigenvalue weighted by molar-refractivity contribution is -0.134. The zero-order chi connectivity index (χ0) is 16.9. The topological polar surface area (TPSA) is 49.6 Å². The molecular formula is C19H22ClN3O. The molecule has 0 aliphatic carbocycles. The Labute approximate surface area is 147 Å². The largest absolute Gasteiger partial charge is 0.338 e. The van der Waals surface area contributed by atoms with Gasteiger partial charge in [0.25, 0.3) is 0 Å². The van der Waals surface area contributed by atoms with Gasteiger partial charge in [-0.05, 0) is 23.3 Å². The predicted octanol–water partition coefficient (Wildman–Crippen LogP) is 2.68. The van der Waals surface area contributed by atoms with Crippen LogP contribution in [0.15, 0.2) is 54.6 Å². The fourth-order valence-corrected chi connectivity index (χ4v) is 3.10. The summed E-state index contributed by atoms with van der Waals surface area (Å²) < 4.78 is 0. The summed E-state index contributed by atoms with van der Waals surface area (Å²) in [6.45, 7) is 4.02. The second kappa shape index (κ2) is 7.79. The maximum Gasteiger partial charge on any atom is 0.244 e. The molecule has 0 spiro atoms. The average molecular weight is 344 g/mol. The number of carbonyl (C=O) groups excluding carboxylic acids is 1. The monoisotopic (exact) mass is 343 g/mol. The van der Waals surface area contributed by atoms with E-state index in [9.17, 15) is 4.79 Å². The van der Waals surface area contributed by atoms with Gasteiger partial charge in [0.1, 0.15) is 6.04 Å². The molecule has 1 atom stereocenters. The number of nitrogens with two attached hydrogens (primary N) is 1. The number of carbonyl (C=O) groups is 1. The summed E-state index contributed by atoms with van der Waals surface area (Å²) in [5.41, 5.74) is 8.23. The standard InChI is InChI=1S/C19H22ClN3O/c20-17-8-6-15(7-9-17)14-22-10-12-23(13-11-22)19(24)18(21)16-4-2-1-3-5-16/h1-9,18H,10-14,21H2. The van der Waals surface area contributed by atoms with Crippen molar-refractivity contribution >= 4 is 17.5 Å². The van der Waals surface area contributed by atoms with E-state index >= 15 is 0 Å². The molecule has 1 aliphatic rings. The van der Waals surface area contributed by atoms with Crippen LogP contribution >= 0.6 is 11.6 Å². The lowest BCUT2D eigenvalue weighted by Crippen LogP contribution is -2.50. The Hall–Kier alpha value is -1.88. The Morgan fingerprint density at radius 3 is 2.25 bits per heavy atom. The van der Waals surface area contributed by atoms with Gasteiger partial charge in [0.05, 0.1) is 0 Å². The molecule has 0 radical (unpaired) electrons. The van der Waals surface area contributed by atoms with Gasteiger partial charge in [-0.1, -0.05) is 54.1 Å². The maximum atomic E-state index is 12.6. The molecule has 1 saturated heterocycles. The molecule has 4 nitrogen and oxygen atoms in total. The third-order valence-electron chi connectivity index (χ3n) is 4.43. The molecule has 0 bridgehead atoms. The van der Waals surface area contributed by atoms with Crippen LogP contribution in [0, 0.1) is 0 Å². The molecule has 5 heteroatoms. The Balaban J connectivity index is 1.53. The van der Waals surface area contributed by atoms with Crippen LogP contribution in [0.5, 0.6) is 0 Å². The SMILES string of the molecule is NC(C(=O)N1CCN(Cc2ccc(Cl)cc2)CC1)c1ccccc1. The van der Waals surface area contributed by atoms with Crippen LogP contribution in [0.1, 0.15) is 17.2 Å². The van der Waals surface area contributed by atoms with E-state index in [4.69, 9.17) is 17.3 Å². The number of piperazine rings is 1. The zero-order valence-corrected chi connectivity index (χ0v) is 14.3. The highest BCUT2D eigenvalue weighted by Gasteiger charge is 2.26. The molecule has 126 valence electrons. The molecule has 0 saturated carbocycles. The van der Waals surface area contributed by atoms with Gasteiger partial charge in [0.15, 0.2) is 0 Å². The van der Waals surface area contributed by atoms with Crippen molar-refractivity contribution in [2.45, 2.75) is 12.6 Å². The summed E-state index contributed by atoms with van der Waals surface area (Å²) in [6, 6.07) is 16.9. The van der Waals surface area contributed by atoms with E-state index in [0.29, 0.717) is 13.1 Å². The van der Waals surface area contributed by atoms with E-state index < -0.39 is 6.04 Å². The quantitative estimate of drug-likeness (QED) is 0.928. The molecule has 1 fully saturated rings. The fraction of sp³-hybridized carbons (Fsp3) is 0.316. The zero-order valence-electron chi connectivity index (χ0n) is 13.6. The van der Waals surface area contributed by atoms with Gasteiger partial charge < -0.3 is 10.6 Å². The van der Waals surface area contributed by atoms with Crippen LogP contribution in [-0.2, 0) is 11.3 Å². The third kappa shape index (κ3) is 4.15. The van der Waals surface area contributed by atoms with Crippen molar-refractivity contribution < 1.29 is 4.79 Å². The first-order valence-corrected chi connectivity index (χ1v) is 8.57. The molecule has 24 heavy (non-hydrogen) atoms. The number of nitrogens with zero attached hydrogens (tertiary/aromatic N) is 2. The van der Waals surface area contributed by atoms with Crippen molar-refractivity contribution in [3.63, 3.8) is 0 Å². The third-order valence-corrected chi connectivity index (χ3v) is 4.68. The highest BCUT2D eigenvalue weighted by atomic mass is 35.5. The maximum absolute atomic E-state index is 12.6. The first-order valence-electron chi connectivity index (χ1n) is 8.19. The van der Waals surface area contributed by atoms with E-state index in [-0.39, 0.29) is 5.91 Å². The minimum atomic E-state index is -0.575. The summed E-state index contributed by atoms with van der Waals surface area (Å²) in [4.78, 5) is 16.8. The average Bonchev–Trinajstić information content (AvgIpc) is 2.64. The van der Waals surface area contributed by atoms with Crippen LogP contribution in [-0.4, -0.2) is 41.9 Å². The van der Waals surface area contributed by atoms with Crippen LogP contribution in [0.4, 0.5) is 0 Å². The number of amides is 1. The van der Waals surface area contributed by atoms with Crippen LogP contribution in [0.25, 0.3) is 0 Å². The molecular weight excluding hydrogens is 322 g/mol. The van der Waals surface area contributed by atoms with Crippen LogP contribution in [0.3, 0.4) is 0 Å². The summed E-state index contributed by atoms with van der Waals surface area (Å²) in [7, 11) is 0. The van der Waals surface area contributed by atoms with Crippen molar-refractivity contribution in [3.8, 4) is 0 Å². The fourth-order valence-electron chi connectivity index (χ4n) is 2.97. The van der Waals surface area contributed by atoms with Crippen molar-refractivity contribution in [1.82, 2.24) is 9.80 Å². The van der Waals surface area contributed by atoms with E-state index in [0.717, 1.165) is 30.2 Å². The van der Waals surface area contributed by atoms with Gasteiger partial charge in [0, 0.05) is 37.7 Å². The van der Waals surface area contributed by atoms with E-state index in [2.05, 4.69) is 4.90 Å². The lowest BCUT2D eigenvalue weighted by atomic mass is 10.1. The Bertz CT molecular complexity index is 667. The minimum absolute atomic E-state index is 0.00680. The normalized spacial score (nSPS) is 16.8. The van der Waals surface area contributed by atoms with Gasteiger partial charge in [-0.25, -0.2) is 0 Å². The second-order valence-corrected chi connectivity index (χ2v) is 6.55. The number of hydrogen-bond donors (Lipinski definition) is 1. The molecule has 2 aromatic carbocycles. The molecule has 1 heterocycles. The molecule has 0 aromatic heterocycles. The molecule has 3 rings (SSSR count). The van der Waals surface area contributed by atoms with Gasteiger partial charge >= 0.3 is 0 Å². The Morgan fingerprint density at radius 2 is 1.62 bits per heavy atom. The molecule has 1 amide bonds. The summed E-state index contributed by atoms with van der Waals surface area (Å²) >= 11 is 5.92. The van der Waals surface area contributed by atoms with Gasteiger partial charge in [0.2, 0.25) is 5.91 Å². The first-order chi connectivity index (χ1) is 11.6. The van der Waals surface area contributed by atoms with E-state index in [1.807, 2.05) is 59.5 Å². The molecule has 2 aromatic rings. The van der Waals surface area contributed by atoms with Gasteiger partial charge in [-0.2, -0.15) is 0 Å². The lowest BCUT2D eigenvalue weighted by Gasteiger charge is -2.36.